The number of aromatic nitrogens is 2. The predicted molar refractivity (Wildman–Crippen MR) is 100 cm³/mol. The minimum Gasteiger partial charge on any atom is -0.342 e. The number of nitrogens with zero attached hydrogens (tertiary/aromatic N) is 3. The van der Waals surface area contributed by atoms with Crippen LogP contribution in [0.5, 0.6) is 0 Å². The van der Waals surface area contributed by atoms with Gasteiger partial charge in [-0.2, -0.15) is 5.10 Å². The lowest BCUT2D eigenvalue weighted by Gasteiger charge is -2.34. The van der Waals surface area contributed by atoms with Gasteiger partial charge in [0.25, 0.3) is 5.56 Å². The van der Waals surface area contributed by atoms with Gasteiger partial charge in [0.1, 0.15) is 0 Å². The van der Waals surface area contributed by atoms with E-state index in [-0.39, 0.29) is 23.4 Å². The molecule has 1 aromatic carbocycles. The number of hydrogen-bond acceptors (Lipinski definition) is 3. The first-order valence-electron chi connectivity index (χ1n) is 9.57. The molecule has 2 fully saturated rings. The predicted octanol–water partition coefficient (Wildman–Crippen LogP) is 3.09. The van der Waals surface area contributed by atoms with Gasteiger partial charge in [-0.05, 0) is 44.2 Å². The summed E-state index contributed by atoms with van der Waals surface area (Å²) < 4.78 is 1.66. The summed E-state index contributed by atoms with van der Waals surface area (Å²) >= 11 is 0. The molecule has 26 heavy (non-hydrogen) atoms. The Kier molecular flexibility index (Phi) is 4.62. The summed E-state index contributed by atoms with van der Waals surface area (Å²) in [6, 6.07) is 13.5. The molecule has 5 nitrogen and oxygen atoms in total. The molecular weight excluding hydrogens is 326 g/mol. The first-order valence-corrected chi connectivity index (χ1v) is 9.57. The van der Waals surface area contributed by atoms with Crippen molar-refractivity contribution in [2.75, 3.05) is 13.1 Å². The van der Waals surface area contributed by atoms with Gasteiger partial charge in [-0.15, -0.1) is 0 Å². The Morgan fingerprint density at radius 2 is 1.73 bits per heavy atom. The van der Waals surface area contributed by atoms with Crippen molar-refractivity contribution in [3.63, 3.8) is 0 Å². The van der Waals surface area contributed by atoms with E-state index in [2.05, 4.69) is 5.10 Å². The standard InChI is InChI=1S/C21H25N3O2/c1-15(16-5-3-2-4-6-16)21(26)23-13-11-18(12-14-23)24-20(25)10-9-19(22-24)17-7-8-17/h2-6,9-10,15,17-18H,7-8,11-14H2,1H3/t15-/m1/s1. The van der Waals surface area contributed by atoms with Gasteiger partial charge in [0.15, 0.2) is 0 Å². The van der Waals surface area contributed by atoms with Crippen molar-refractivity contribution >= 4 is 5.91 Å². The molecule has 1 saturated heterocycles. The molecular formula is C21H25N3O2. The molecule has 0 radical (unpaired) electrons. The Morgan fingerprint density at radius 1 is 1.04 bits per heavy atom. The van der Waals surface area contributed by atoms with E-state index < -0.39 is 0 Å². The lowest BCUT2D eigenvalue weighted by Crippen LogP contribution is -2.43. The Morgan fingerprint density at radius 3 is 2.38 bits per heavy atom. The highest BCUT2D eigenvalue weighted by molar-refractivity contribution is 5.83. The second-order valence-electron chi connectivity index (χ2n) is 7.50. The Hall–Kier alpha value is -2.43. The summed E-state index contributed by atoms with van der Waals surface area (Å²) in [5, 5.41) is 4.61. The summed E-state index contributed by atoms with van der Waals surface area (Å²) in [5.74, 6) is 0.573. The van der Waals surface area contributed by atoms with Crippen LogP contribution in [0, 0.1) is 0 Å². The van der Waals surface area contributed by atoms with Gasteiger partial charge in [-0.25, -0.2) is 4.68 Å². The normalized spacial score (nSPS) is 19.3. The quantitative estimate of drug-likeness (QED) is 0.850. The molecule has 0 unspecified atom stereocenters. The lowest BCUT2D eigenvalue weighted by molar-refractivity contribution is -0.133. The summed E-state index contributed by atoms with van der Waals surface area (Å²) in [6.07, 6.45) is 3.92. The maximum absolute atomic E-state index is 12.8. The van der Waals surface area contributed by atoms with Crippen LogP contribution in [0.3, 0.4) is 0 Å². The maximum Gasteiger partial charge on any atom is 0.267 e. The molecule has 136 valence electrons. The minimum absolute atomic E-state index is 0.0307. The fraction of sp³-hybridized carbons (Fsp3) is 0.476. The largest absolute Gasteiger partial charge is 0.342 e. The van der Waals surface area contributed by atoms with Gasteiger partial charge >= 0.3 is 0 Å². The van der Waals surface area contributed by atoms with Crippen molar-refractivity contribution in [1.82, 2.24) is 14.7 Å². The van der Waals surface area contributed by atoms with E-state index in [1.54, 1.807) is 10.7 Å². The van der Waals surface area contributed by atoms with E-state index in [0.29, 0.717) is 19.0 Å². The summed E-state index contributed by atoms with van der Waals surface area (Å²) in [4.78, 5) is 27.0. The van der Waals surface area contributed by atoms with Crippen LogP contribution in [0.15, 0.2) is 47.3 Å². The van der Waals surface area contributed by atoms with Crippen LogP contribution in [0.2, 0.25) is 0 Å². The van der Waals surface area contributed by atoms with Crippen molar-refractivity contribution in [3.05, 3.63) is 64.1 Å². The number of carbonyl (C=O) groups is 1. The average Bonchev–Trinajstić information content (AvgIpc) is 3.53. The number of benzene rings is 1. The van der Waals surface area contributed by atoms with Crippen LogP contribution >= 0.6 is 0 Å². The third-order valence-electron chi connectivity index (χ3n) is 5.63. The molecule has 1 aliphatic heterocycles. The van der Waals surface area contributed by atoms with Gasteiger partial charge < -0.3 is 4.90 Å². The molecule has 2 aliphatic rings. The smallest absolute Gasteiger partial charge is 0.267 e. The third kappa shape index (κ3) is 3.43. The first kappa shape index (κ1) is 17.0. The zero-order chi connectivity index (χ0) is 18.1. The van der Waals surface area contributed by atoms with Gasteiger partial charge in [-0.3, -0.25) is 9.59 Å². The minimum atomic E-state index is -0.133. The first-order chi connectivity index (χ1) is 12.6. The second kappa shape index (κ2) is 7.06. The molecule has 1 aliphatic carbocycles. The Bertz CT molecular complexity index is 834. The van der Waals surface area contributed by atoms with Crippen LogP contribution < -0.4 is 5.56 Å². The number of hydrogen-bond donors (Lipinski definition) is 0. The number of likely N-dealkylation sites (tertiary alicyclic amines) is 1. The second-order valence-corrected chi connectivity index (χ2v) is 7.50. The van der Waals surface area contributed by atoms with Crippen molar-refractivity contribution < 1.29 is 4.79 Å². The average molecular weight is 351 g/mol. The topological polar surface area (TPSA) is 55.2 Å². The molecule has 1 saturated carbocycles. The monoisotopic (exact) mass is 351 g/mol. The fourth-order valence-electron chi connectivity index (χ4n) is 3.79. The SMILES string of the molecule is C[C@@H](C(=O)N1CCC(n2nc(C3CC3)ccc2=O)CC1)c1ccccc1. The molecule has 5 heteroatoms. The molecule has 4 rings (SSSR count). The fourth-order valence-corrected chi connectivity index (χ4v) is 3.79. The zero-order valence-electron chi connectivity index (χ0n) is 15.2. The van der Waals surface area contributed by atoms with Crippen LogP contribution in [0.25, 0.3) is 0 Å². The molecule has 0 bridgehead atoms. The molecule has 1 amide bonds. The van der Waals surface area contributed by atoms with Crippen molar-refractivity contribution in [1.29, 1.82) is 0 Å². The summed E-state index contributed by atoms with van der Waals surface area (Å²) in [5.41, 5.74) is 2.06. The van der Waals surface area contributed by atoms with E-state index in [0.717, 1.165) is 24.1 Å². The van der Waals surface area contributed by atoms with Crippen LogP contribution in [0.4, 0.5) is 0 Å². The van der Waals surface area contributed by atoms with Gasteiger partial charge in [-0.1, -0.05) is 30.3 Å². The van der Waals surface area contributed by atoms with Crippen LogP contribution in [-0.2, 0) is 4.79 Å². The zero-order valence-corrected chi connectivity index (χ0v) is 15.2. The highest BCUT2D eigenvalue weighted by Gasteiger charge is 2.30. The molecule has 0 N–H and O–H groups in total. The van der Waals surface area contributed by atoms with E-state index >= 15 is 0 Å². The molecule has 1 aromatic heterocycles. The van der Waals surface area contributed by atoms with Gasteiger partial charge in [0, 0.05) is 25.1 Å². The highest BCUT2D eigenvalue weighted by Crippen LogP contribution is 2.38. The van der Waals surface area contributed by atoms with Crippen molar-refractivity contribution in [2.45, 2.75) is 50.5 Å². The third-order valence-corrected chi connectivity index (χ3v) is 5.63. The number of carbonyl (C=O) groups excluding carboxylic acids is 1. The summed E-state index contributed by atoms with van der Waals surface area (Å²) in [6.45, 7) is 3.33. The molecule has 0 spiro atoms. The number of rotatable bonds is 4. The lowest BCUT2D eigenvalue weighted by atomic mass is 9.97. The van der Waals surface area contributed by atoms with Crippen molar-refractivity contribution in [3.8, 4) is 0 Å². The Labute approximate surface area is 153 Å². The maximum atomic E-state index is 12.8. The van der Waals surface area contributed by atoms with Crippen molar-refractivity contribution in [2.24, 2.45) is 0 Å². The highest BCUT2D eigenvalue weighted by atomic mass is 16.2. The van der Waals surface area contributed by atoms with Crippen LogP contribution in [0.1, 0.15) is 61.7 Å². The number of piperidine rings is 1. The van der Waals surface area contributed by atoms with Gasteiger partial charge in [0.05, 0.1) is 17.7 Å². The van der Waals surface area contributed by atoms with E-state index in [1.807, 2.05) is 48.2 Å². The molecule has 2 heterocycles. The Balaban J connectivity index is 1.42. The summed E-state index contributed by atoms with van der Waals surface area (Å²) in [7, 11) is 0. The van der Waals surface area contributed by atoms with E-state index in [4.69, 9.17) is 0 Å². The van der Waals surface area contributed by atoms with E-state index in [9.17, 15) is 9.59 Å². The van der Waals surface area contributed by atoms with E-state index in [1.165, 1.54) is 12.8 Å². The van der Waals surface area contributed by atoms with Gasteiger partial charge in [0.2, 0.25) is 5.91 Å². The molecule has 2 aromatic rings. The molecule has 1 atom stereocenters. The number of amides is 1. The van der Waals surface area contributed by atoms with Crippen LogP contribution in [-0.4, -0.2) is 33.7 Å².